The maximum atomic E-state index is 11.7. The van der Waals surface area contributed by atoms with Crippen LogP contribution in [0.2, 0.25) is 0 Å². The predicted molar refractivity (Wildman–Crippen MR) is 105 cm³/mol. The summed E-state index contributed by atoms with van der Waals surface area (Å²) in [5, 5.41) is 36.2. The smallest absolute Gasteiger partial charge is 0.336 e. The number of carbonyl (C=O) groups is 2. The van der Waals surface area contributed by atoms with E-state index in [0.29, 0.717) is 43.8 Å². The number of aromatic carboxylic acids is 2. The van der Waals surface area contributed by atoms with Crippen LogP contribution < -0.4 is 0 Å². The van der Waals surface area contributed by atoms with E-state index in [0.717, 1.165) is 6.07 Å². The van der Waals surface area contributed by atoms with Crippen LogP contribution in [-0.2, 0) is 32.2 Å². The fourth-order valence-electron chi connectivity index (χ4n) is 2.48. The molecule has 1 aromatic rings. The number of hydrogen-bond donors (Lipinski definition) is 4. The average molecular weight is 430 g/mol. The highest BCUT2D eigenvalue weighted by atomic mass is 16.5. The highest BCUT2D eigenvalue weighted by Gasteiger charge is 2.19. The van der Waals surface area contributed by atoms with Gasteiger partial charge in [0.15, 0.2) is 0 Å². The average Bonchev–Trinajstić information content (AvgIpc) is 2.72. The van der Waals surface area contributed by atoms with Crippen LogP contribution in [0.3, 0.4) is 0 Å². The number of hydrogen-bond acceptors (Lipinski definition) is 8. The Balaban J connectivity index is 2.75. The molecule has 0 atom stereocenters. The molecule has 0 aliphatic rings. The Morgan fingerprint density at radius 2 is 1.23 bits per heavy atom. The topological polar surface area (TPSA) is 152 Å². The van der Waals surface area contributed by atoms with E-state index in [2.05, 4.69) is 0 Å². The minimum absolute atomic E-state index is 0.00352. The Morgan fingerprint density at radius 1 is 0.700 bits per heavy atom. The van der Waals surface area contributed by atoms with E-state index < -0.39 is 11.9 Å². The monoisotopic (exact) mass is 430 g/mol. The molecule has 10 heteroatoms. The highest BCUT2D eigenvalue weighted by Crippen LogP contribution is 2.21. The number of benzene rings is 1. The van der Waals surface area contributed by atoms with Crippen molar-refractivity contribution >= 4 is 11.9 Å². The molecule has 0 saturated heterocycles. The number of rotatable bonds is 18. The Labute approximate surface area is 174 Å². The van der Waals surface area contributed by atoms with Crippen LogP contribution in [-0.4, -0.2) is 85.2 Å². The first-order valence-electron chi connectivity index (χ1n) is 9.66. The molecule has 0 heterocycles. The molecule has 0 radical (unpaired) electrons. The van der Waals surface area contributed by atoms with Crippen molar-refractivity contribution in [2.24, 2.45) is 0 Å². The molecular weight excluding hydrogens is 400 g/mol. The molecule has 170 valence electrons. The first-order chi connectivity index (χ1) is 14.5. The molecule has 30 heavy (non-hydrogen) atoms. The van der Waals surface area contributed by atoms with Gasteiger partial charge in [-0.05, 0) is 36.1 Å². The third kappa shape index (κ3) is 10.1. The van der Waals surface area contributed by atoms with E-state index >= 15 is 0 Å². The Morgan fingerprint density at radius 3 is 1.73 bits per heavy atom. The van der Waals surface area contributed by atoms with E-state index in [1.807, 2.05) is 0 Å². The van der Waals surface area contributed by atoms with Crippen LogP contribution in [0.1, 0.15) is 44.7 Å². The Bertz CT molecular complexity index is 647. The number of carboxylic acid groups (broad SMARTS) is 2. The van der Waals surface area contributed by atoms with Crippen LogP contribution in [0, 0.1) is 0 Å². The highest BCUT2D eigenvalue weighted by molar-refractivity contribution is 5.95. The van der Waals surface area contributed by atoms with Gasteiger partial charge in [-0.25, -0.2) is 9.59 Å². The van der Waals surface area contributed by atoms with Gasteiger partial charge in [0.1, 0.15) is 0 Å². The molecule has 0 fully saturated rings. The first-order valence-corrected chi connectivity index (χ1v) is 9.66. The zero-order valence-corrected chi connectivity index (χ0v) is 16.9. The van der Waals surface area contributed by atoms with Gasteiger partial charge in [0.05, 0.1) is 50.8 Å². The molecule has 0 unspecified atom stereocenters. The molecule has 0 amide bonds. The molecule has 0 saturated carbocycles. The Hall–Kier alpha value is -2.08. The van der Waals surface area contributed by atoms with Crippen LogP contribution in [0.5, 0.6) is 0 Å². The SMILES string of the molecule is O=C(O)c1cc(COCCOCCCO)c(COCCOCCCO)c(C(=O)O)c1. The van der Waals surface area contributed by atoms with Crippen molar-refractivity contribution in [3.05, 3.63) is 34.4 Å². The number of aliphatic hydroxyl groups is 2. The van der Waals surface area contributed by atoms with Gasteiger partial charge in [-0.3, -0.25) is 0 Å². The second kappa shape index (κ2) is 15.7. The van der Waals surface area contributed by atoms with E-state index in [-0.39, 0.29) is 57.4 Å². The maximum Gasteiger partial charge on any atom is 0.336 e. The van der Waals surface area contributed by atoms with Crippen LogP contribution in [0.25, 0.3) is 0 Å². The zero-order chi connectivity index (χ0) is 22.2. The third-order valence-corrected chi connectivity index (χ3v) is 3.96. The lowest BCUT2D eigenvalue weighted by atomic mass is 9.98. The fraction of sp³-hybridized carbons (Fsp3) is 0.600. The van der Waals surface area contributed by atoms with Gasteiger partial charge < -0.3 is 39.4 Å². The van der Waals surface area contributed by atoms with Crippen molar-refractivity contribution in [1.29, 1.82) is 0 Å². The van der Waals surface area contributed by atoms with Gasteiger partial charge in [-0.15, -0.1) is 0 Å². The summed E-state index contributed by atoms with van der Waals surface area (Å²) in [6.45, 7) is 1.84. The molecule has 0 spiro atoms. The van der Waals surface area contributed by atoms with Gasteiger partial charge >= 0.3 is 11.9 Å². The summed E-state index contributed by atoms with van der Waals surface area (Å²) in [5.74, 6) is -2.50. The first kappa shape index (κ1) is 26.0. The normalized spacial score (nSPS) is 11.0. The molecule has 0 aliphatic heterocycles. The van der Waals surface area contributed by atoms with Gasteiger partial charge in [0.25, 0.3) is 0 Å². The van der Waals surface area contributed by atoms with Crippen molar-refractivity contribution in [2.75, 3.05) is 52.9 Å². The number of carboxylic acids is 2. The van der Waals surface area contributed by atoms with E-state index in [1.165, 1.54) is 6.07 Å². The largest absolute Gasteiger partial charge is 0.478 e. The van der Waals surface area contributed by atoms with E-state index in [1.54, 1.807) is 0 Å². The second-order valence-electron chi connectivity index (χ2n) is 6.26. The summed E-state index contributed by atoms with van der Waals surface area (Å²) in [5.41, 5.74) is 0.433. The van der Waals surface area contributed by atoms with Crippen molar-refractivity contribution in [2.45, 2.75) is 26.1 Å². The minimum atomic E-state index is -1.26. The Kier molecular flexibility index (Phi) is 13.6. The van der Waals surface area contributed by atoms with Crippen LogP contribution >= 0.6 is 0 Å². The van der Waals surface area contributed by atoms with Crippen molar-refractivity contribution in [3.8, 4) is 0 Å². The van der Waals surface area contributed by atoms with Crippen LogP contribution in [0.4, 0.5) is 0 Å². The minimum Gasteiger partial charge on any atom is -0.478 e. The summed E-state index contributed by atoms with van der Waals surface area (Å²) in [6.07, 6.45) is 1.04. The van der Waals surface area contributed by atoms with E-state index in [9.17, 15) is 19.8 Å². The summed E-state index contributed by atoms with van der Waals surface area (Å²) < 4.78 is 21.5. The summed E-state index contributed by atoms with van der Waals surface area (Å²) in [7, 11) is 0. The van der Waals surface area contributed by atoms with E-state index in [4.69, 9.17) is 29.2 Å². The zero-order valence-electron chi connectivity index (χ0n) is 16.9. The van der Waals surface area contributed by atoms with Gasteiger partial charge in [0, 0.05) is 26.4 Å². The third-order valence-electron chi connectivity index (χ3n) is 3.96. The summed E-state index contributed by atoms with van der Waals surface area (Å²) in [4.78, 5) is 23.0. The molecule has 0 aliphatic carbocycles. The molecule has 4 N–H and O–H groups in total. The standard InChI is InChI=1S/C20H30O10/c21-3-1-5-27-7-9-29-13-16-11-15(19(23)24)12-17(20(25)26)18(16)14-30-10-8-28-6-2-4-22/h11-12,21-22H,1-10,13-14H2,(H,23,24)(H,25,26). The van der Waals surface area contributed by atoms with Crippen LogP contribution in [0.15, 0.2) is 12.1 Å². The second-order valence-corrected chi connectivity index (χ2v) is 6.26. The molecule has 1 rings (SSSR count). The van der Waals surface area contributed by atoms with Gasteiger partial charge in [-0.2, -0.15) is 0 Å². The fourth-order valence-corrected chi connectivity index (χ4v) is 2.48. The molecule has 10 nitrogen and oxygen atoms in total. The number of aliphatic hydroxyl groups excluding tert-OH is 2. The maximum absolute atomic E-state index is 11.7. The quantitative estimate of drug-likeness (QED) is 0.247. The summed E-state index contributed by atoms with van der Waals surface area (Å²) in [6, 6.07) is 2.47. The summed E-state index contributed by atoms with van der Waals surface area (Å²) >= 11 is 0. The van der Waals surface area contributed by atoms with Gasteiger partial charge in [-0.1, -0.05) is 0 Å². The number of ether oxygens (including phenoxy) is 4. The molecule has 0 aromatic heterocycles. The lowest BCUT2D eigenvalue weighted by molar-refractivity contribution is 0.0296. The van der Waals surface area contributed by atoms with Gasteiger partial charge in [0.2, 0.25) is 0 Å². The molecular formula is C20H30O10. The molecule has 1 aromatic carbocycles. The lowest BCUT2D eigenvalue weighted by Gasteiger charge is -2.15. The van der Waals surface area contributed by atoms with Crippen molar-refractivity contribution in [1.82, 2.24) is 0 Å². The van der Waals surface area contributed by atoms with Crippen molar-refractivity contribution in [3.63, 3.8) is 0 Å². The van der Waals surface area contributed by atoms with Crippen molar-refractivity contribution < 1.29 is 49.0 Å². The lowest BCUT2D eigenvalue weighted by Crippen LogP contribution is -2.14. The molecule has 0 bridgehead atoms. The predicted octanol–water partition coefficient (Wildman–Crippen LogP) is 0.914.